The quantitative estimate of drug-likeness (QED) is 0.623. The van der Waals surface area contributed by atoms with Gasteiger partial charge in [-0.3, -0.25) is 0 Å². The number of benzene rings is 1. The van der Waals surface area contributed by atoms with Gasteiger partial charge in [-0.2, -0.15) is 5.26 Å². The average molecular weight is 315 g/mol. The van der Waals surface area contributed by atoms with Crippen molar-refractivity contribution in [3.63, 3.8) is 0 Å². The summed E-state index contributed by atoms with van der Waals surface area (Å²) in [6.07, 6.45) is 0. The summed E-state index contributed by atoms with van der Waals surface area (Å²) >= 11 is 2.04. The normalized spacial score (nSPS) is 9.47. The van der Waals surface area contributed by atoms with Crippen molar-refractivity contribution in [3.05, 3.63) is 32.4 Å². The van der Waals surface area contributed by atoms with E-state index in [9.17, 15) is 4.79 Å². The first-order valence-corrected chi connectivity index (χ1v) is 5.55. The van der Waals surface area contributed by atoms with Crippen LogP contribution in [0.25, 0.3) is 0 Å². The van der Waals surface area contributed by atoms with E-state index in [1.807, 2.05) is 41.7 Å². The van der Waals surface area contributed by atoms with E-state index in [-0.39, 0.29) is 0 Å². The molecule has 0 saturated heterocycles. The Bertz CT molecular complexity index is 435. The van der Waals surface area contributed by atoms with Gasteiger partial charge in [0.05, 0.1) is 17.7 Å². The summed E-state index contributed by atoms with van der Waals surface area (Å²) in [6, 6.07) is 5.55. The van der Waals surface area contributed by atoms with Crippen LogP contribution in [0.4, 0.5) is 0 Å². The van der Waals surface area contributed by atoms with E-state index < -0.39 is 5.97 Å². The van der Waals surface area contributed by atoms with E-state index in [1.165, 1.54) is 0 Å². The standard InChI is InChI=1S/C11H10INO2/c1-3-15-11(14)10-8(6-13)4-7(2)5-9(10)12/h4-5H,3H2,1-2H3. The molecule has 0 amide bonds. The third kappa shape index (κ3) is 2.69. The molecule has 0 aliphatic carbocycles. The second-order valence-electron chi connectivity index (χ2n) is 3.00. The van der Waals surface area contributed by atoms with Crippen molar-refractivity contribution in [1.82, 2.24) is 0 Å². The van der Waals surface area contributed by atoms with Gasteiger partial charge in [0, 0.05) is 3.57 Å². The maximum Gasteiger partial charge on any atom is 0.340 e. The molecule has 0 bridgehead atoms. The molecule has 0 aliphatic rings. The fourth-order valence-corrected chi connectivity index (χ4v) is 2.24. The number of halogens is 1. The Labute approximate surface area is 102 Å². The van der Waals surface area contributed by atoms with Gasteiger partial charge < -0.3 is 4.74 Å². The van der Waals surface area contributed by atoms with E-state index in [1.54, 1.807) is 13.0 Å². The van der Waals surface area contributed by atoms with Gasteiger partial charge in [-0.15, -0.1) is 0 Å². The number of carbonyl (C=O) groups excluding carboxylic acids is 1. The number of ether oxygens (including phenoxy) is 1. The summed E-state index contributed by atoms with van der Waals surface area (Å²) in [5.41, 5.74) is 1.70. The van der Waals surface area contributed by atoms with Gasteiger partial charge in [-0.25, -0.2) is 4.79 Å². The number of aryl methyl sites for hydroxylation is 1. The largest absolute Gasteiger partial charge is 0.462 e. The minimum Gasteiger partial charge on any atom is -0.462 e. The van der Waals surface area contributed by atoms with Crippen LogP contribution in [-0.2, 0) is 4.74 Å². The van der Waals surface area contributed by atoms with Crippen LogP contribution in [0.3, 0.4) is 0 Å². The highest BCUT2D eigenvalue weighted by atomic mass is 127. The Balaban J connectivity index is 3.28. The summed E-state index contributed by atoms with van der Waals surface area (Å²) in [7, 11) is 0. The lowest BCUT2D eigenvalue weighted by Gasteiger charge is -2.07. The second-order valence-corrected chi connectivity index (χ2v) is 4.16. The lowest BCUT2D eigenvalue weighted by molar-refractivity contribution is 0.0525. The molecular formula is C11H10INO2. The van der Waals surface area contributed by atoms with Gasteiger partial charge in [0.25, 0.3) is 0 Å². The first kappa shape index (κ1) is 12.0. The van der Waals surface area contributed by atoms with Crippen LogP contribution >= 0.6 is 22.6 Å². The molecule has 1 aromatic rings. The van der Waals surface area contributed by atoms with Crippen molar-refractivity contribution >= 4 is 28.6 Å². The van der Waals surface area contributed by atoms with Crippen molar-refractivity contribution in [2.75, 3.05) is 6.61 Å². The van der Waals surface area contributed by atoms with E-state index >= 15 is 0 Å². The molecule has 0 N–H and O–H groups in total. The second kappa shape index (κ2) is 5.12. The van der Waals surface area contributed by atoms with Crippen molar-refractivity contribution < 1.29 is 9.53 Å². The number of rotatable bonds is 2. The van der Waals surface area contributed by atoms with Gasteiger partial charge >= 0.3 is 5.97 Å². The minimum absolute atomic E-state index is 0.313. The molecule has 4 heteroatoms. The zero-order chi connectivity index (χ0) is 11.4. The zero-order valence-electron chi connectivity index (χ0n) is 8.50. The summed E-state index contributed by atoms with van der Waals surface area (Å²) in [4.78, 5) is 11.6. The highest BCUT2D eigenvalue weighted by molar-refractivity contribution is 14.1. The van der Waals surface area contributed by atoms with Gasteiger partial charge in [0.15, 0.2) is 0 Å². The lowest BCUT2D eigenvalue weighted by atomic mass is 10.1. The Hall–Kier alpha value is -1.09. The van der Waals surface area contributed by atoms with Gasteiger partial charge in [0.1, 0.15) is 6.07 Å². The van der Waals surface area contributed by atoms with Crippen LogP contribution in [0.15, 0.2) is 12.1 Å². The summed E-state index contributed by atoms with van der Waals surface area (Å²) in [5, 5.41) is 8.92. The maximum atomic E-state index is 11.6. The number of hydrogen-bond acceptors (Lipinski definition) is 3. The molecule has 78 valence electrons. The Morgan fingerprint density at radius 1 is 1.60 bits per heavy atom. The number of carbonyl (C=O) groups is 1. The van der Waals surface area contributed by atoms with E-state index in [4.69, 9.17) is 10.00 Å². The van der Waals surface area contributed by atoms with Crippen molar-refractivity contribution in [1.29, 1.82) is 5.26 Å². The van der Waals surface area contributed by atoms with E-state index in [0.717, 1.165) is 9.13 Å². The fourth-order valence-electron chi connectivity index (χ4n) is 1.24. The zero-order valence-corrected chi connectivity index (χ0v) is 10.7. The van der Waals surface area contributed by atoms with Gasteiger partial charge in [-0.05, 0) is 54.1 Å². The molecule has 15 heavy (non-hydrogen) atoms. The Morgan fingerprint density at radius 2 is 2.27 bits per heavy atom. The summed E-state index contributed by atoms with van der Waals surface area (Å²) < 4.78 is 5.65. The molecule has 0 atom stereocenters. The molecule has 3 nitrogen and oxygen atoms in total. The number of esters is 1. The van der Waals surface area contributed by atoms with Crippen LogP contribution in [0.5, 0.6) is 0 Å². The van der Waals surface area contributed by atoms with Crippen LogP contribution in [-0.4, -0.2) is 12.6 Å². The van der Waals surface area contributed by atoms with Crippen LogP contribution in [0, 0.1) is 21.8 Å². The lowest BCUT2D eigenvalue weighted by Crippen LogP contribution is -2.09. The third-order valence-electron chi connectivity index (χ3n) is 1.83. The first-order valence-electron chi connectivity index (χ1n) is 4.47. The summed E-state index contributed by atoms with van der Waals surface area (Å²) in [6.45, 7) is 3.94. The molecule has 0 aliphatic heterocycles. The molecule has 0 unspecified atom stereocenters. The molecule has 1 aromatic carbocycles. The molecule has 0 spiro atoms. The predicted octanol–water partition coefficient (Wildman–Crippen LogP) is 2.65. The van der Waals surface area contributed by atoms with Crippen LogP contribution < -0.4 is 0 Å². The Morgan fingerprint density at radius 3 is 2.80 bits per heavy atom. The van der Waals surface area contributed by atoms with Gasteiger partial charge in [0.2, 0.25) is 0 Å². The number of hydrogen-bond donors (Lipinski definition) is 0. The predicted molar refractivity (Wildman–Crippen MR) is 64.6 cm³/mol. The van der Waals surface area contributed by atoms with Crippen LogP contribution in [0.1, 0.15) is 28.4 Å². The van der Waals surface area contributed by atoms with E-state index in [2.05, 4.69) is 0 Å². The number of nitrogens with zero attached hydrogens (tertiary/aromatic N) is 1. The molecule has 0 fully saturated rings. The monoisotopic (exact) mass is 315 g/mol. The molecule has 0 heterocycles. The SMILES string of the molecule is CCOC(=O)c1c(I)cc(C)cc1C#N. The average Bonchev–Trinajstić information content (AvgIpc) is 2.16. The Kier molecular flexibility index (Phi) is 4.09. The summed E-state index contributed by atoms with van der Waals surface area (Å²) in [5.74, 6) is -0.432. The maximum absolute atomic E-state index is 11.6. The van der Waals surface area contributed by atoms with Crippen molar-refractivity contribution in [3.8, 4) is 6.07 Å². The smallest absolute Gasteiger partial charge is 0.340 e. The fraction of sp³-hybridized carbons (Fsp3) is 0.273. The van der Waals surface area contributed by atoms with Gasteiger partial charge in [-0.1, -0.05) is 0 Å². The molecule has 0 saturated carbocycles. The minimum atomic E-state index is -0.432. The highest BCUT2D eigenvalue weighted by Gasteiger charge is 2.16. The van der Waals surface area contributed by atoms with Crippen LogP contribution in [0.2, 0.25) is 0 Å². The molecular weight excluding hydrogens is 305 g/mol. The molecule has 1 rings (SSSR count). The van der Waals surface area contributed by atoms with E-state index in [0.29, 0.717) is 17.7 Å². The van der Waals surface area contributed by atoms with Crippen molar-refractivity contribution in [2.45, 2.75) is 13.8 Å². The number of nitriles is 1. The van der Waals surface area contributed by atoms with Crippen molar-refractivity contribution in [2.24, 2.45) is 0 Å². The first-order chi connectivity index (χ1) is 7.10. The molecule has 0 radical (unpaired) electrons. The third-order valence-corrected chi connectivity index (χ3v) is 2.69. The molecule has 0 aromatic heterocycles. The topological polar surface area (TPSA) is 50.1 Å². The highest BCUT2D eigenvalue weighted by Crippen LogP contribution is 2.20.